The zero-order valence-electron chi connectivity index (χ0n) is 20.0. The van der Waals surface area contributed by atoms with Gasteiger partial charge < -0.3 is 10.2 Å². The van der Waals surface area contributed by atoms with Gasteiger partial charge in [0, 0.05) is 18.3 Å². The van der Waals surface area contributed by atoms with Crippen LogP contribution in [0.1, 0.15) is 55.2 Å². The lowest BCUT2D eigenvalue weighted by molar-refractivity contribution is 0.0981. The average Bonchev–Trinajstić information content (AvgIpc) is 3.15. The van der Waals surface area contributed by atoms with Crippen LogP contribution in [-0.4, -0.2) is 41.4 Å². The molecule has 1 saturated heterocycles. The molecule has 2 atom stereocenters. The fourth-order valence-electron chi connectivity index (χ4n) is 5.09. The summed E-state index contributed by atoms with van der Waals surface area (Å²) in [5, 5.41) is 3.13. The largest absolute Gasteiger partial charge is 0.362 e. The van der Waals surface area contributed by atoms with Crippen molar-refractivity contribution in [1.29, 1.82) is 0 Å². The lowest BCUT2D eigenvalue weighted by atomic mass is 9.91. The summed E-state index contributed by atoms with van der Waals surface area (Å²) >= 11 is 3.41. The first-order chi connectivity index (χ1) is 17.1. The monoisotopic (exact) mass is 570 g/mol. The fourth-order valence-corrected chi connectivity index (χ4v) is 6.33. The Kier molecular flexibility index (Phi) is 6.46. The van der Waals surface area contributed by atoms with Crippen LogP contribution >= 0.6 is 15.9 Å². The number of hydrogen-bond donors (Lipinski definition) is 2. The van der Waals surface area contributed by atoms with E-state index in [9.17, 15) is 13.2 Å². The van der Waals surface area contributed by atoms with Gasteiger partial charge in [-0.05, 0) is 91.4 Å². The number of amides is 1. The minimum absolute atomic E-state index is 0.159. The smallest absolute Gasteiger partial charge is 0.281 e. The molecule has 2 N–H and O–H groups in total. The number of rotatable bonds is 1. The molecule has 0 unspecified atom stereocenters. The summed E-state index contributed by atoms with van der Waals surface area (Å²) in [6, 6.07) is 13.5. The molecule has 36 heavy (non-hydrogen) atoms. The standard InChI is InChI=1S/C25H27BrN6O3S/c1-25(2)14-16-9-11-19(18-6-3-4-13-27-18)28-21-7-5-8-22(30-21)36(34,35)31-24(33)17-10-12-20(26)29-23(17)32(25)15-16/h3-8,10,12-13,16,19H,9,11,14-15H2,1-2H3,(H,28,30)(H,31,33)/t16-,19+/m0/s1. The van der Waals surface area contributed by atoms with Crippen LogP contribution in [0.5, 0.6) is 0 Å². The third kappa shape index (κ3) is 4.94. The van der Waals surface area contributed by atoms with Crippen molar-refractivity contribution >= 4 is 43.5 Å². The first-order valence-electron chi connectivity index (χ1n) is 11.8. The SMILES string of the molecule is CC1(C)C[C@@H]2CC[C@H](c3ccccn3)Nc3cccc(n3)S(=O)(=O)NC(=O)c3ccc(Br)nc3N1C2. The number of nitrogens with one attached hydrogen (secondary N) is 2. The van der Waals surface area contributed by atoms with E-state index in [0.717, 1.165) is 25.0 Å². The summed E-state index contributed by atoms with van der Waals surface area (Å²) in [6.45, 7) is 4.95. The molecule has 1 amide bonds. The molecule has 3 aromatic heterocycles. The second-order valence-corrected chi connectivity index (χ2v) is 12.3. The molecule has 2 aliphatic heterocycles. The van der Waals surface area contributed by atoms with Crippen molar-refractivity contribution in [3.8, 4) is 0 Å². The summed E-state index contributed by atoms with van der Waals surface area (Å²) < 4.78 is 29.1. The lowest BCUT2D eigenvalue weighted by Gasteiger charge is -2.33. The Morgan fingerprint density at radius 2 is 1.89 bits per heavy atom. The van der Waals surface area contributed by atoms with Crippen molar-refractivity contribution in [3.05, 3.63) is 70.6 Å². The van der Waals surface area contributed by atoms with E-state index in [1.54, 1.807) is 30.5 Å². The van der Waals surface area contributed by atoms with E-state index in [0.29, 0.717) is 28.7 Å². The summed E-state index contributed by atoms with van der Waals surface area (Å²) in [4.78, 5) is 28.8. The minimum atomic E-state index is -4.23. The first-order valence-corrected chi connectivity index (χ1v) is 14.1. The Balaban J connectivity index is 1.61. The van der Waals surface area contributed by atoms with Gasteiger partial charge in [0.15, 0.2) is 5.03 Å². The Morgan fingerprint density at radius 3 is 2.67 bits per heavy atom. The van der Waals surface area contributed by atoms with Crippen LogP contribution in [0, 0.1) is 5.92 Å². The number of carbonyl (C=O) groups is 1. The Hall–Kier alpha value is -3.05. The van der Waals surface area contributed by atoms with Crippen LogP contribution < -0.4 is 14.9 Å². The van der Waals surface area contributed by atoms with E-state index in [-0.39, 0.29) is 22.2 Å². The maximum absolute atomic E-state index is 13.3. The molecular weight excluding hydrogens is 544 g/mol. The predicted molar refractivity (Wildman–Crippen MR) is 140 cm³/mol. The molecule has 0 spiro atoms. The van der Waals surface area contributed by atoms with E-state index in [2.05, 4.69) is 59.7 Å². The van der Waals surface area contributed by atoms with Gasteiger partial charge in [-0.3, -0.25) is 9.78 Å². The number of halogens is 1. The number of sulfonamides is 1. The van der Waals surface area contributed by atoms with Gasteiger partial charge in [-0.15, -0.1) is 0 Å². The van der Waals surface area contributed by atoms with E-state index in [4.69, 9.17) is 0 Å². The third-order valence-electron chi connectivity index (χ3n) is 6.76. The molecular formula is C25H27BrN6O3S. The van der Waals surface area contributed by atoms with E-state index < -0.39 is 15.9 Å². The number of pyridine rings is 3. The van der Waals surface area contributed by atoms with Crippen molar-refractivity contribution in [3.63, 3.8) is 0 Å². The summed E-state index contributed by atoms with van der Waals surface area (Å²) in [5.74, 6) is 0.458. The molecule has 1 fully saturated rings. The van der Waals surface area contributed by atoms with E-state index in [1.165, 1.54) is 6.07 Å². The van der Waals surface area contributed by atoms with Crippen molar-refractivity contribution in [1.82, 2.24) is 19.7 Å². The average molecular weight is 572 g/mol. The normalized spacial score (nSPS) is 23.0. The topological polar surface area (TPSA) is 117 Å². The minimum Gasteiger partial charge on any atom is -0.362 e. The van der Waals surface area contributed by atoms with Gasteiger partial charge in [0.25, 0.3) is 15.9 Å². The van der Waals surface area contributed by atoms with Crippen LogP contribution in [-0.2, 0) is 10.0 Å². The van der Waals surface area contributed by atoms with Crippen molar-refractivity contribution in [2.45, 2.75) is 49.7 Å². The highest BCUT2D eigenvalue weighted by Gasteiger charge is 2.41. The lowest BCUT2D eigenvalue weighted by Crippen LogP contribution is -2.41. The number of fused-ring (bicyclic) bond motifs is 6. The van der Waals surface area contributed by atoms with E-state index in [1.807, 2.05) is 18.2 Å². The zero-order valence-corrected chi connectivity index (χ0v) is 22.4. The molecule has 5 heterocycles. The van der Waals surface area contributed by atoms with Crippen molar-refractivity contribution < 1.29 is 13.2 Å². The fraction of sp³-hybridized carbons (Fsp3) is 0.360. The maximum atomic E-state index is 13.3. The van der Waals surface area contributed by atoms with Crippen LogP contribution in [0.4, 0.5) is 11.6 Å². The van der Waals surface area contributed by atoms with Crippen LogP contribution in [0.2, 0.25) is 0 Å². The molecule has 188 valence electrons. The highest BCUT2D eigenvalue weighted by Crippen LogP contribution is 2.40. The number of aromatic nitrogens is 3. The van der Waals surface area contributed by atoms with Gasteiger partial charge in [-0.25, -0.2) is 14.7 Å². The van der Waals surface area contributed by atoms with Crippen molar-refractivity contribution in [2.75, 3.05) is 16.8 Å². The first kappa shape index (κ1) is 24.6. The molecule has 2 aliphatic rings. The predicted octanol–water partition coefficient (Wildman–Crippen LogP) is 4.30. The van der Waals surface area contributed by atoms with Gasteiger partial charge in [0.05, 0.1) is 17.3 Å². The number of nitrogens with zero attached hydrogens (tertiary/aromatic N) is 4. The Labute approximate surface area is 218 Å². The summed E-state index contributed by atoms with van der Waals surface area (Å²) in [5.41, 5.74) is 0.782. The van der Waals surface area contributed by atoms with Crippen LogP contribution in [0.25, 0.3) is 0 Å². The van der Waals surface area contributed by atoms with Crippen LogP contribution in [0.15, 0.2) is 64.4 Å². The second-order valence-electron chi connectivity index (χ2n) is 9.82. The molecule has 3 aromatic rings. The number of carbonyl (C=O) groups excluding carboxylic acids is 1. The molecule has 0 saturated carbocycles. The molecule has 11 heteroatoms. The zero-order chi connectivity index (χ0) is 25.5. The molecule has 0 aliphatic carbocycles. The van der Waals surface area contributed by atoms with Gasteiger partial charge in [-0.1, -0.05) is 12.1 Å². The third-order valence-corrected chi connectivity index (χ3v) is 8.43. The van der Waals surface area contributed by atoms with Gasteiger partial charge in [0.2, 0.25) is 0 Å². The number of anilines is 2. The highest BCUT2D eigenvalue weighted by atomic mass is 79.9. The molecule has 0 radical (unpaired) electrons. The van der Waals surface area contributed by atoms with E-state index >= 15 is 0 Å². The number of hydrogen-bond acceptors (Lipinski definition) is 8. The Bertz CT molecular complexity index is 1400. The summed E-state index contributed by atoms with van der Waals surface area (Å²) in [6.07, 6.45) is 4.34. The second kappa shape index (κ2) is 9.44. The van der Waals surface area contributed by atoms with Crippen LogP contribution in [0.3, 0.4) is 0 Å². The maximum Gasteiger partial charge on any atom is 0.281 e. The molecule has 9 nitrogen and oxygen atoms in total. The quantitative estimate of drug-likeness (QED) is 0.416. The molecule has 0 aromatic carbocycles. The summed E-state index contributed by atoms with van der Waals surface area (Å²) in [7, 11) is -4.23. The van der Waals surface area contributed by atoms with Crippen molar-refractivity contribution in [2.24, 2.45) is 5.92 Å². The van der Waals surface area contributed by atoms with Gasteiger partial charge in [-0.2, -0.15) is 8.42 Å². The molecule has 4 bridgehead atoms. The highest BCUT2D eigenvalue weighted by molar-refractivity contribution is 9.10. The Morgan fingerprint density at radius 1 is 1.06 bits per heavy atom. The van der Waals surface area contributed by atoms with Gasteiger partial charge in [0.1, 0.15) is 16.2 Å². The van der Waals surface area contributed by atoms with Gasteiger partial charge >= 0.3 is 0 Å². The molecule has 5 rings (SSSR count).